The van der Waals surface area contributed by atoms with Crippen molar-refractivity contribution in [3.63, 3.8) is 0 Å². The Morgan fingerprint density at radius 1 is 1.43 bits per heavy atom. The van der Waals surface area contributed by atoms with Crippen LogP contribution in [0.2, 0.25) is 5.02 Å². The molecule has 1 aromatic heterocycles. The quantitative estimate of drug-likeness (QED) is 0.616. The summed E-state index contributed by atoms with van der Waals surface area (Å²) in [5.74, 6) is 0.0596. The van der Waals surface area contributed by atoms with Gasteiger partial charge in [-0.2, -0.15) is 8.78 Å². The molecular weight excluding hydrogens is 384 g/mol. The van der Waals surface area contributed by atoms with Crippen molar-refractivity contribution in [1.82, 2.24) is 0 Å². The zero-order valence-electron chi connectivity index (χ0n) is 11.1. The molecule has 7 heteroatoms. The highest BCUT2D eigenvalue weighted by Crippen LogP contribution is 2.40. The van der Waals surface area contributed by atoms with Crippen LogP contribution in [0, 0.1) is 0 Å². The van der Waals surface area contributed by atoms with E-state index in [1.165, 1.54) is 6.07 Å². The molecule has 0 aliphatic rings. The van der Waals surface area contributed by atoms with Crippen LogP contribution < -0.4 is 10.1 Å². The van der Waals surface area contributed by atoms with Gasteiger partial charge in [0.2, 0.25) is 0 Å². The lowest BCUT2D eigenvalue weighted by Gasteiger charge is -2.20. The van der Waals surface area contributed by atoms with E-state index in [4.69, 9.17) is 11.6 Å². The average Bonchev–Trinajstić information content (AvgIpc) is 2.93. The van der Waals surface area contributed by atoms with E-state index in [0.29, 0.717) is 15.2 Å². The number of anilines is 1. The van der Waals surface area contributed by atoms with E-state index >= 15 is 0 Å². The molecule has 1 N–H and O–H groups in total. The molecule has 1 heterocycles. The molecule has 1 atom stereocenters. The number of hydrogen-bond acceptors (Lipinski definition) is 3. The number of ether oxygens (including phenoxy) is 1. The number of alkyl halides is 2. The summed E-state index contributed by atoms with van der Waals surface area (Å²) in [7, 11) is 0. The SMILES string of the molecule is CCC(Nc1cc(Cl)cc(Br)c1OC(F)F)c1cccs1. The van der Waals surface area contributed by atoms with Gasteiger partial charge in [-0.05, 0) is 45.9 Å². The Morgan fingerprint density at radius 2 is 2.19 bits per heavy atom. The van der Waals surface area contributed by atoms with E-state index in [1.54, 1.807) is 17.4 Å². The third kappa shape index (κ3) is 4.31. The number of halogens is 4. The van der Waals surface area contributed by atoms with Crippen molar-refractivity contribution >= 4 is 44.6 Å². The van der Waals surface area contributed by atoms with Crippen molar-refractivity contribution in [2.45, 2.75) is 26.0 Å². The molecule has 2 nitrogen and oxygen atoms in total. The minimum Gasteiger partial charge on any atom is -0.431 e. The Morgan fingerprint density at radius 3 is 2.76 bits per heavy atom. The average molecular weight is 397 g/mol. The summed E-state index contributed by atoms with van der Waals surface area (Å²) < 4.78 is 30.1. The lowest BCUT2D eigenvalue weighted by molar-refractivity contribution is -0.0498. The first-order valence-electron chi connectivity index (χ1n) is 6.25. The maximum atomic E-state index is 12.6. The molecule has 0 radical (unpaired) electrons. The van der Waals surface area contributed by atoms with Crippen LogP contribution in [0.5, 0.6) is 5.75 Å². The molecule has 0 fully saturated rings. The fourth-order valence-electron chi connectivity index (χ4n) is 1.93. The van der Waals surface area contributed by atoms with Gasteiger partial charge in [-0.3, -0.25) is 0 Å². The largest absolute Gasteiger partial charge is 0.431 e. The summed E-state index contributed by atoms with van der Waals surface area (Å²) in [6, 6.07) is 7.07. The molecule has 2 rings (SSSR count). The first kappa shape index (κ1) is 16.5. The zero-order chi connectivity index (χ0) is 15.4. The molecule has 0 aliphatic heterocycles. The lowest BCUT2D eigenvalue weighted by Crippen LogP contribution is -2.11. The number of rotatable bonds is 6. The maximum Gasteiger partial charge on any atom is 0.387 e. The van der Waals surface area contributed by atoms with Crippen molar-refractivity contribution in [1.29, 1.82) is 0 Å². The number of nitrogens with one attached hydrogen (secondary N) is 1. The molecule has 2 aromatic rings. The smallest absolute Gasteiger partial charge is 0.387 e. The number of benzene rings is 1. The van der Waals surface area contributed by atoms with Crippen LogP contribution in [0.25, 0.3) is 0 Å². The summed E-state index contributed by atoms with van der Waals surface area (Å²) in [6.07, 6.45) is 0.804. The minimum absolute atomic E-state index is 0.00962. The molecule has 0 amide bonds. The number of hydrogen-bond donors (Lipinski definition) is 1. The molecule has 21 heavy (non-hydrogen) atoms. The molecule has 0 bridgehead atoms. The van der Waals surface area contributed by atoms with Crippen LogP contribution in [0.1, 0.15) is 24.3 Å². The second-order valence-corrected chi connectivity index (χ2v) is 6.53. The molecule has 1 unspecified atom stereocenters. The van der Waals surface area contributed by atoms with Gasteiger partial charge in [0, 0.05) is 9.90 Å². The van der Waals surface area contributed by atoms with Crippen LogP contribution in [-0.2, 0) is 0 Å². The van der Waals surface area contributed by atoms with E-state index in [9.17, 15) is 8.78 Å². The fourth-order valence-corrected chi connectivity index (χ4v) is 3.69. The molecule has 114 valence electrons. The highest BCUT2D eigenvalue weighted by atomic mass is 79.9. The van der Waals surface area contributed by atoms with Crippen molar-refractivity contribution < 1.29 is 13.5 Å². The zero-order valence-corrected chi connectivity index (χ0v) is 14.2. The Labute approximate surface area is 139 Å². The van der Waals surface area contributed by atoms with Crippen LogP contribution in [0.15, 0.2) is 34.1 Å². The van der Waals surface area contributed by atoms with Crippen molar-refractivity contribution in [3.05, 3.63) is 44.0 Å². The minimum atomic E-state index is -2.90. The fraction of sp³-hybridized carbons (Fsp3) is 0.286. The maximum absolute atomic E-state index is 12.6. The summed E-state index contributed by atoms with van der Waals surface area (Å²) in [5.41, 5.74) is 0.440. The first-order chi connectivity index (χ1) is 10.0. The highest BCUT2D eigenvalue weighted by molar-refractivity contribution is 9.10. The van der Waals surface area contributed by atoms with E-state index < -0.39 is 6.61 Å². The summed E-state index contributed by atoms with van der Waals surface area (Å²) in [4.78, 5) is 1.12. The van der Waals surface area contributed by atoms with Gasteiger partial charge in [0.1, 0.15) is 0 Å². The predicted octanol–water partition coefficient (Wildman–Crippen LogP) is 6.33. The molecule has 0 saturated carbocycles. The Balaban J connectivity index is 2.33. The second-order valence-electron chi connectivity index (χ2n) is 4.26. The van der Waals surface area contributed by atoms with Crippen LogP contribution in [0.4, 0.5) is 14.5 Å². The normalized spacial score (nSPS) is 12.5. The standard InChI is InChI=1S/C14H13BrClF2NOS/c1-2-10(12-4-3-5-21-12)19-11-7-8(16)6-9(15)13(11)20-14(17)18/h3-7,10,14,19H,2H2,1H3. The summed E-state index contributed by atoms with van der Waals surface area (Å²) >= 11 is 10.8. The molecule has 0 spiro atoms. The van der Waals surface area contributed by atoms with Gasteiger partial charge < -0.3 is 10.1 Å². The third-order valence-corrected chi connectivity index (χ3v) is 4.63. The predicted molar refractivity (Wildman–Crippen MR) is 86.8 cm³/mol. The van der Waals surface area contributed by atoms with E-state index in [0.717, 1.165) is 11.3 Å². The van der Waals surface area contributed by atoms with E-state index in [-0.39, 0.29) is 11.8 Å². The monoisotopic (exact) mass is 395 g/mol. The Bertz CT molecular complexity index is 595. The van der Waals surface area contributed by atoms with Gasteiger partial charge in [-0.25, -0.2) is 0 Å². The van der Waals surface area contributed by atoms with Crippen LogP contribution in [0.3, 0.4) is 0 Å². The van der Waals surface area contributed by atoms with Gasteiger partial charge >= 0.3 is 6.61 Å². The molecule has 1 aromatic carbocycles. The second kappa shape index (κ2) is 7.42. The third-order valence-electron chi connectivity index (χ3n) is 2.84. The Hall–Kier alpha value is -0.850. The van der Waals surface area contributed by atoms with Crippen molar-refractivity contribution in [3.8, 4) is 5.75 Å². The lowest BCUT2D eigenvalue weighted by atomic mass is 10.1. The Kier molecular flexibility index (Phi) is 5.84. The molecule has 0 aliphatic carbocycles. The van der Waals surface area contributed by atoms with Crippen LogP contribution in [-0.4, -0.2) is 6.61 Å². The van der Waals surface area contributed by atoms with Crippen molar-refractivity contribution in [2.75, 3.05) is 5.32 Å². The highest BCUT2D eigenvalue weighted by Gasteiger charge is 2.18. The van der Waals surface area contributed by atoms with E-state index in [2.05, 4.69) is 26.0 Å². The topological polar surface area (TPSA) is 21.3 Å². The van der Waals surface area contributed by atoms with Gasteiger partial charge in [-0.1, -0.05) is 24.6 Å². The summed E-state index contributed by atoms with van der Waals surface area (Å²) in [5, 5.41) is 5.64. The first-order valence-corrected chi connectivity index (χ1v) is 8.30. The van der Waals surface area contributed by atoms with E-state index in [1.807, 2.05) is 24.4 Å². The molecule has 0 saturated heterocycles. The number of thiophene rings is 1. The van der Waals surface area contributed by atoms with Crippen molar-refractivity contribution in [2.24, 2.45) is 0 Å². The molecular formula is C14H13BrClF2NOS. The van der Waals surface area contributed by atoms with Gasteiger partial charge in [0.25, 0.3) is 0 Å². The van der Waals surface area contributed by atoms with Gasteiger partial charge in [-0.15, -0.1) is 11.3 Å². The van der Waals surface area contributed by atoms with Crippen LogP contribution >= 0.6 is 38.9 Å². The summed E-state index contributed by atoms with van der Waals surface area (Å²) in [6.45, 7) is -0.880. The van der Waals surface area contributed by atoms with Gasteiger partial charge in [0.15, 0.2) is 5.75 Å². The van der Waals surface area contributed by atoms with Gasteiger partial charge in [0.05, 0.1) is 16.2 Å².